The first-order valence-corrected chi connectivity index (χ1v) is 5.39. The molecule has 0 saturated carbocycles. The number of benzene rings is 1. The van der Waals surface area contributed by atoms with Gasteiger partial charge in [-0.3, -0.25) is 0 Å². The summed E-state index contributed by atoms with van der Waals surface area (Å²) >= 11 is 0. The molecular formula is C12H15N3O2. The normalized spacial score (nSPS) is 9.35. The fourth-order valence-electron chi connectivity index (χ4n) is 1.34. The number of aromatic nitrogens is 3. The molecule has 1 heterocycles. The SMILES string of the molecule is CC.Cc1ccc(-n2nccn2)c(C(=O)O)c1. The minimum atomic E-state index is -0.981. The summed E-state index contributed by atoms with van der Waals surface area (Å²) in [4.78, 5) is 12.3. The maximum atomic E-state index is 11.0. The number of rotatable bonds is 2. The van der Waals surface area contributed by atoms with Crippen LogP contribution in [-0.4, -0.2) is 26.1 Å². The molecule has 0 unspecified atom stereocenters. The van der Waals surface area contributed by atoms with Gasteiger partial charge in [0.2, 0.25) is 0 Å². The lowest BCUT2D eigenvalue weighted by Gasteiger charge is -2.05. The Bertz CT molecular complexity index is 492. The molecule has 0 fully saturated rings. The molecule has 2 rings (SSSR count). The summed E-state index contributed by atoms with van der Waals surface area (Å²) in [6.45, 7) is 5.84. The van der Waals surface area contributed by atoms with E-state index in [4.69, 9.17) is 5.11 Å². The van der Waals surface area contributed by atoms with Gasteiger partial charge in [0, 0.05) is 0 Å². The average molecular weight is 233 g/mol. The summed E-state index contributed by atoms with van der Waals surface area (Å²) in [6, 6.07) is 5.12. The first-order chi connectivity index (χ1) is 8.18. The fourth-order valence-corrected chi connectivity index (χ4v) is 1.34. The van der Waals surface area contributed by atoms with Gasteiger partial charge in [-0.2, -0.15) is 15.0 Å². The second-order valence-electron chi connectivity index (χ2n) is 3.14. The van der Waals surface area contributed by atoms with Gasteiger partial charge in [-0.15, -0.1) is 0 Å². The zero-order valence-corrected chi connectivity index (χ0v) is 10.1. The van der Waals surface area contributed by atoms with Gasteiger partial charge in [-0.25, -0.2) is 4.79 Å². The maximum absolute atomic E-state index is 11.0. The number of carboxylic acid groups (broad SMARTS) is 1. The van der Waals surface area contributed by atoms with E-state index in [-0.39, 0.29) is 5.56 Å². The molecule has 17 heavy (non-hydrogen) atoms. The van der Waals surface area contributed by atoms with Gasteiger partial charge in [0.05, 0.1) is 18.0 Å². The van der Waals surface area contributed by atoms with Crippen LogP contribution in [-0.2, 0) is 0 Å². The van der Waals surface area contributed by atoms with Crippen molar-refractivity contribution in [2.24, 2.45) is 0 Å². The minimum Gasteiger partial charge on any atom is -0.478 e. The molecule has 0 radical (unpaired) electrons. The lowest BCUT2D eigenvalue weighted by molar-refractivity contribution is 0.0696. The maximum Gasteiger partial charge on any atom is 0.337 e. The van der Waals surface area contributed by atoms with Gasteiger partial charge in [0.1, 0.15) is 5.69 Å². The molecule has 90 valence electrons. The Labute approximate surface area is 99.7 Å². The van der Waals surface area contributed by atoms with E-state index in [0.717, 1.165) is 5.56 Å². The molecule has 0 spiro atoms. The summed E-state index contributed by atoms with van der Waals surface area (Å²) < 4.78 is 0. The van der Waals surface area contributed by atoms with Gasteiger partial charge in [-0.1, -0.05) is 25.5 Å². The Hall–Kier alpha value is -2.17. The monoisotopic (exact) mass is 233 g/mol. The molecule has 1 N–H and O–H groups in total. The van der Waals surface area contributed by atoms with Crippen LogP contribution in [0.5, 0.6) is 0 Å². The van der Waals surface area contributed by atoms with Crippen LogP contribution >= 0.6 is 0 Å². The quantitative estimate of drug-likeness (QED) is 0.864. The number of hydrogen-bond donors (Lipinski definition) is 1. The van der Waals surface area contributed by atoms with E-state index < -0.39 is 5.97 Å². The van der Waals surface area contributed by atoms with Crippen molar-refractivity contribution in [3.63, 3.8) is 0 Å². The average Bonchev–Trinajstić information content (AvgIpc) is 2.85. The first kappa shape index (κ1) is 12.9. The topological polar surface area (TPSA) is 68.0 Å². The zero-order chi connectivity index (χ0) is 12.8. The van der Waals surface area contributed by atoms with Gasteiger partial charge >= 0.3 is 5.97 Å². The lowest BCUT2D eigenvalue weighted by Crippen LogP contribution is -2.08. The Morgan fingerprint density at radius 2 is 1.82 bits per heavy atom. The highest BCUT2D eigenvalue weighted by Crippen LogP contribution is 2.14. The smallest absolute Gasteiger partial charge is 0.337 e. The van der Waals surface area contributed by atoms with E-state index >= 15 is 0 Å². The van der Waals surface area contributed by atoms with Gasteiger partial charge in [-0.05, 0) is 19.1 Å². The van der Waals surface area contributed by atoms with Crippen molar-refractivity contribution in [3.05, 3.63) is 41.7 Å². The second kappa shape index (κ2) is 5.79. The Kier molecular flexibility index (Phi) is 4.39. The van der Waals surface area contributed by atoms with Crippen molar-refractivity contribution in [3.8, 4) is 5.69 Å². The van der Waals surface area contributed by atoms with Gasteiger partial charge < -0.3 is 5.11 Å². The zero-order valence-electron chi connectivity index (χ0n) is 10.1. The highest BCUT2D eigenvalue weighted by Gasteiger charge is 2.12. The second-order valence-corrected chi connectivity index (χ2v) is 3.14. The van der Waals surface area contributed by atoms with Crippen LogP contribution in [0.25, 0.3) is 5.69 Å². The summed E-state index contributed by atoms with van der Waals surface area (Å²) in [7, 11) is 0. The molecule has 1 aromatic carbocycles. The molecule has 0 aliphatic carbocycles. The van der Waals surface area contributed by atoms with Crippen molar-refractivity contribution in [2.75, 3.05) is 0 Å². The molecule has 0 amide bonds. The third-order valence-electron chi connectivity index (χ3n) is 2.02. The lowest BCUT2D eigenvalue weighted by atomic mass is 10.1. The van der Waals surface area contributed by atoms with Crippen molar-refractivity contribution in [1.29, 1.82) is 0 Å². The van der Waals surface area contributed by atoms with Crippen molar-refractivity contribution >= 4 is 5.97 Å². The van der Waals surface area contributed by atoms with E-state index in [1.54, 1.807) is 12.1 Å². The predicted octanol–water partition coefficient (Wildman–Crippen LogP) is 2.30. The molecule has 5 nitrogen and oxygen atoms in total. The molecule has 0 aliphatic rings. The van der Waals surface area contributed by atoms with E-state index in [1.807, 2.05) is 26.8 Å². The van der Waals surface area contributed by atoms with Crippen LogP contribution in [0.15, 0.2) is 30.6 Å². The summed E-state index contributed by atoms with van der Waals surface area (Å²) in [5, 5.41) is 16.8. The largest absolute Gasteiger partial charge is 0.478 e. The highest BCUT2D eigenvalue weighted by atomic mass is 16.4. The van der Waals surface area contributed by atoms with Crippen LogP contribution in [0.3, 0.4) is 0 Å². The predicted molar refractivity (Wildman–Crippen MR) is 64.4 cm³/mol. The fraction of sp³-hybridized carbons (Fsp3) is 0.250. The number of aryl methyl sites for hydroxylation is 1. The van der Waals surface area contributed by atoms with E-state index in [0.29, 0.717) is 5.69 Å². The molecule has 1 aromatic heterocycles. The van der Waals surface area contributed by atoms with Crippen LogP contribution in [0.4, 0.5) is 0 Å². The molecule has 0 atom stereocenters. The van der Waals surface area contributed by atoms with Gasteiger partial charge in [0.25, 0.3) is 0 Å². The van der Waals surface area contributed by atoms with E-state index in [1.165, 1.54) is 17.2 Å². The standard InChI is InChI=1S/C10H9N3O2.C2H6/c1-7-2-3-9(8(6-7)10(14)15)13-11-4-5-12-13;1-2/h2-6H,1H3,(H,14,15);1-2H3. The molecule has 2 aromatic rings. The van der Waals surface area contributed by atoms with Crippen LogP contribution in [0.2, 0.25) is 0 Å². The van der Waals surface area contributed by atoms with E-state index in [9.17, 15) is 4.79 Å². The van der Waals surface area contributed by atoms with E-state index in [2.05, 4.69) is 10.2 Å². The van der Waals surface area contributed by atoms with Crippen molar-refractivity contribution < 1.29 is 9.90 Å². The molecule has 0 saturated heterocycles. The number of nitrogens with zero attached hydrogens (tertiary/aromatic N) is 3. The Balaban J connectivity index is 0.000000686. The summed E-state index contributed by atoms with van der Waals surface area (Å²) in [6.07, 6.45) is 3.01. The number of hydrogen-bond acceptors (Lipinski definition) is 3. The summed E-state index contributed by atoms with van der Waals surface area (Å²) in [5.74, 6) is -0.981. The number of carboxylic acids is 1. The molecular weight excluding hydrogens is 218 g/mol. The molecule has 5 heteroatoms. The van der Waals surface area contributed by atoms with Gasteiger partial charge in [0.15, 0.2) is 0 Å². The summed E-state index contributed by atoms with van der Waals surface area (Å²) in [5.41, 5.74) is 1.56. The van der Waals surface area contributed by atoms with Crippen LogP contribution in [0, 0.1) is 6.92 Å². The van der Waals surface area contributed by atoms with Crippen LogP contribution < -0.4 is 0 Å². The first-order valence-electron chi connectivity index (χ1n) is 5.39. The molecule has 0 aliphatic heterocycles. The third kappa shape index (κ3) is 2.90. The highest BCUT2D eigenvalue weighted by molar-refractivity contribution is 5.92. The van der Waals surface area contributed by atoms with Crippen molar-refractivity contribution in [2.45, 2.75) is 20.8 Å². The molecule has 0 bridgehead atoms. The van der Waals surface area contributed by atoms with Crippen LogP contribution in [0.1, 0.15) is 29.8 Å². The Morgan fingerprint density at radius 1 is 1.24 bits per heavy atom. The number of aromatic carboxylic acids is 1. The van der Waals surface area contributed by atoms with Crippen molar-refractivity contribution in [1.82, 2.24) is 15.0 Å². The Morgan fingerprint density at radius 3 is 2.35 bits per heavy atom. The minimum absolute atomic E-state index is 0.200. The number of carbonyl (C=O) groups is 1. The third-order valence-corrected chi connectivity index (χ3v) is 2.02.